The van der Waals surface area contributed by atoms with Crippen LogP contribution in [0.4, 0.5) is 5.69 Å². The molecule has 0 aromatic heterocycles. The van der Waals surface area contributed by atoms with Crippen molar-refractivity contribution in [2.45, 2.75) is 6.92 Å². The summed E-state index contributed by atoms with van der Waals surface area (Å²) >= 11 is 0. The summed E-state index contributed by atoms with van der Waals surface area (Å²) in [6.45, 7) is 1.36. The number of nitrogens with one attached hydrogen (secondary N) is 1. The minimum atomic E-state index is -1.53. The maximum absolute atomic E-state index is 11.5. The molecule has 23 heavy (non-hydrogen) atoms. The molecule has 0 bridgehead atoms. The number of carboxylic acid groups (broad SMARTS) is 2. The molecule has 0 fully saturated rings. The Morgan fingerprint density at radius 1 is 0.870 bits per heavy atom. The highest BCUT2D eigenvalue weighted by atomic mass is 16.4. The first-order valence-corrected chi connectivity index (χ1v) is 6.52. The van der Waals surface area contributed by atoms with Gasteiger partial charge >= 0.3 is 11.9 Å². The molecule has 2 aromatic rings. The molecule has 0 aliphatic carbocycles. The monoisotopic (exact) mass is 315 g/mol. The number of carbonyl (C=O) groups is 3. The highest BCUT2D eigenvalue weighted by Gasteiger charge is 2.24. The maximum atomic E-state index is 11.5. The second-order valence-electron chi connectivity index (χ2n) is 4.75. The predicted molar refractivity (Wildman–Crippen MR) is 81.8 cm³/mol. The lowest BCUT2D eigenvalue weighted by Gasteiger charge is -2.11. The maximum Gasteiger partial charge on any atom is 0.340 e. The van der Waals surface area contributed by atoms with Crippen molar-refractivity contribution in [3.05, 3.63) is 47.5 Å². The Hall–Kier alpha value is -3.35. The van der Waals surface area contributed by atoms with E-state index in [1.807, 2.05) is 0 Å². The van der Waals surface area contributed by atoms with Crippen LogP contribution in [0.1, 0.15) is 27.6 Å². The molecule has 2 aromatic carbocycles. The summed E-state index contributed by atoms with van der Waals surface area (Å²) in [7, 11) is 0. The summed E-state index contributed by atoms with van der Waals surface area (Å²) in [5.41, 5.74) is -0.0397. The standard InChI is InChI=1S/C16H13NO6/c1-8(18)17-10-4-2-9(3-5-10)11-6-7-12(19)14(16(22)23)13(11)15(20)21/h2-7,19H,1H3,(H,17,18)(H,20,21)(H,22,23). The van der Waals surface area contributed by atoms with Gasteiger partial charge in [0.05, 0.1) is 5.56 Å². The van der Waals surface area contributed by atoms with Gasteiger partial charge in [0.25, 0.3) is 0 Å². The number of aromatic carboxylic acids is 2. The third kappa shape index (κ3) is 3.29. The fraction of sp³-hybridized carbons (Fsp3) is 0.0625. The molecule has 0 unspecified atom stereocenters. The zero-order chi connectivity index (χ0) is 17.1. The number of carboxylic acids is 2. The lowest BCUT2D eigenvalue weighted by atomic mass is 9.94. The molecule has 118 valence electrons. The van der Waals surface area contributed by atoms with Crippen LogP contribution in [0.25, 0.3) is 11.1 Å². The van der Waals surface area contributed by atoms with Crippen LogP contribution in [-0.2, 0) is 4.79 Å². The van der Waals surface area contributed by atoms with Crippen LogP contribution in [0.3, 0.4) is 0 Å². The van der Waals surface area contributed by atoms with Crippen molar-refractivity contribution in [2.75, 3.05) is 5.32 Å². The van der Waals surface area contributed by atoms with E-state index in [2.05, 4.69) is 5.32 Å². The number of carbonyl (C=O) groups excluding carboxylic acids is 1. The second-order valence-corrected chi connectivity index (χ2v) is 4.75. The molecule has 1 amide bonds. The van der Waals surface area contributed by atoms with Crippen molar-refractivity contribution in [1.29, 1.82) is 0 Å². The molecule has 0 saturated carbocycles. The van der Waals surface area contributed by atoms with E-state index >= 15 is 0 Å². The van der Waals surface area contributed by atoms with Crippen molar-refractivity contribution in [3.8, 4) is 16.9 Å². The molecular formula is C16H13NO6. The van der Waals surface area contributed by atoms with Gasteiger partial charge in [-0.25, -0.2) is 9.59 Å². The minimum absolute atomic E-state index is 0.155. The number of amides is 1. The molecule has 0 heterocycles. The van der Waals surface area contributed by atoms with E-state index < -0.39 is 28.8 Å². The van der Waals surface area contributed by atoms with Crippen LogP contribution >= 0.6 is 0 Å². The molecule has 0 aliphatic rings. The molecule has 7 nitrogen and oxygen atoms in total. The molecule has 0 atom stereocenters. The zero-order valence-corrected chi connectivity index (χ0v) is 12.0. The Kier molecular flexibility index (Phi) is 4.31. The summed E-state index contributed by atoms with van der Waals surface area (Å²) in [5, 5.41) is 30.7. The van der Waals surface area contributed by atoms with E-state index in [4.69, 9.17) is 5.11 Å². The molecule has 0 saturated heterocycles. The quantitative estimate of drug-likeness (QED) is 0.687. The van der Waals surface area contributed by atoms with E-state index in [1.165, 1.54) is 13.0 Å². The summed E-state index contributed by atoms with van der Waals surface area (Å²) in [5.74, 6) is -3.86. The Labute approximate surface area is 130 Å². The van der Waals surface area contributed by atoms with E-state index in [0.717, 1.165) is 6.07 Å². The SMILES string of the molecule is CC(=O)Nc1ccc(-c2ccc(O)c(C(=O)O)c2C(=O)O)cc1. The second kappa shape index (κ2) is 6.18. The fourth-order valence-electron chi connectivity index (χ4n) is 2.21. The number of rotatable bonds is 4. The lowest BCUT2D eigenvalue weighted by molar-refractivity contribution is -0.114. The number of anilines is 1. The average molecular weight is 315 g/mol. The minimum Gasteiger partial charge on any atom is -0.507 e. The van der Waals surface area contributed by atoms with Gasteiger partial charge in [-0.05, 0) is 35.4 Å². The van der Waals surface area contributed by atoms with E-state index in [1.54, 1.807) is 24.3 Å². The van der Waals surface area contributed by atoms with Crippen molar-refractivity contribution in [3.63, 3.8) is 0 Å². The molecule has 2 rings (SSSR count). The number of hydrogen-bond acceptors (Lipinski definition) is 4. The van der Waals surface area contributed by atoms with Gasteiger partial charge in [-0.3, -0.25) is 4.79 Å². The van der Waals surface area contributed by atoms with Crippen LogP contribution in [0, 0.1) is 0 Å². The van der Waals surface area contributed by atoms with Crippen LogP contribution in [0.2, 0.25) is 0 Å². The van der Waals surface area contributed by atoms with Gasteiger partial charge in [0.2, 0.25) is 5.91 Å². The topological polar surface area (TPSA) is 124 Å². The number of phenols is 1. The van der Waals surface area contributed by atoms with Crippen molar-refractivity contribution in [1.82, 2.24) is 0 Å². The molecule has 0 spiro atoms. The Balaban J connectivity index is 2.59. The Morgan fingerprint density at radius 3 is 1.91 bits per heavy atom. The van der Waals surface area contributed by atoms with Gasteiger partial charge in [-0.15, -0.1) is 0 Å². The molecule has 4 N–H and O–H groups in total. The third-order valence-corrected chi connectivity index (χ3v) is 3.13. The van der Waals surface area contributed by atoms with Gasteiger partial charge in [-0.2, -0.15) is 0 Å². The normalized spacial score (nSPS) is 10.1. The highest BCUT2D eigenvalue weighted by Crippen LogP contribution is 2.32. The Morgan fingerprint density at radius 2 is 1.43 bits per heavy atom. The van der Waals surface area contributed by atoms with Gasteiger partial charge < -0.3 is 20.6 Å². The van der Waals surface area contributed by atoms with Gasteiger partial charge in [-0.1, -0.05) is 12.1 Å². The highest BCUT2D eigenvalue weighted by molar-refractivity contribution is 6.08. The largest absolute Gasteiger partial charge is 0.507 e. The summed E-state index contributed by atoms with van der Waals surface area (Å²) in [6.07, 6.45) is 0. The van der Waals surface area contributed by atoms with Crippen molar-refractivity contribution in [2.24, 2.45) is 0 Å². The van der Waals surface area contributed by atoms with Crippen LogP contribution in [-0.4, -0.2) is 33.2 Å². The first kappa shape index (κ1) is 16.0. The fourth-order valence-corrected chi connectivity index (χ4v) is 2.21. The summed E-state index contributed by atoms with van der Waals surface area (Å²) in [4.78, 5) is 33.7. The average Bonchev–Trinajstić information content (AvgIpc) is 2.46. The first-order chi connectivity index (χ1) is 10.8. The van der Waals surface area contributed by atoms with Gasteiger partial charge in [0.15, 0.2) is 0 Å². The zero-order valence-electron chi connectivity index (χ0n) is 12.0. The smallest absolute Gasteiger partial charge is 0.340 e. The number of benzene rings is 2. The first-order valence-electron chi connectivity index (χ1n) is 6.52. The number of aromatic hydroxyl groups is 1. The summed E-state index contributed by atoms with van der Waals surface area (Å²) in [6, 6.07) is 8.70. The van der Waals surface area contributed by atoms with Crippen LogP contribution < -0.4 is 5.32 Å². The third-order valence-electron chi connectivity index (χ3n) is 3.13. The van der Waals surface area contributed by atoms with Crippen LogP contribution in [0.5, 0.6) is 5.75 Å². The van der Waals surface area contributed by atoms with Crippen molar-refractivity contribution >= 4 is 23.5 Å². The molecule has 0 aliphatic heterocycles. The predicted octanol–water partition coefficient (Wildman–Crippen LogP) is 2.41. The number of hydrogen-bond donors (Lipinski definition) is 4. The molecular weight excluding hydrogens is 302 g/mol. The van der Waals surface area contributed by atoms with Gasteiger partial charge in [0, 0.05) is 12.6 Å². The molecule has 7 heteroatoms. The molecule has 0 radical (unpaired) electrons. The van der Waals surface area contributed by atoms with Crippen LogP contribution in [0.15, 0.2) is 36.4 Å². The Bertz CT molecular complexity index is 795. The van der Waals surface area contributed by atoms with Crippen molar-refractivity contribution < 1.29 is 29.7 Å². The van der Waals surface area contributed by atoms with Gasteiger partial charge in [0.1, 0.15) is 11.3 Å². The van der Waals surface area contributed by atoms with E-state index in [-0.39, 0.29) is 11.5 Å². The van der Waals surface area contributed by atoms with E-state index in [9.17, 15) is 24.6 Å². The lowest BCUT2D eigenvalue weighted by Crippen LogP contribution is -2.10. The summed E-state index contributed by atoms with van der Waals surface area (Å²) < 4.78 is 0. The van der Waals surface area contributed by atoms with E-state index in [0.29, 0.717) is 11.3 Å².